The minimum absolute atomic E-state index is 0.559. The van der Waals surface area contributed by atoms with E-state index in [1.54, 1.807) is 12.4 Å². The summed E-state index contributed by atoms with van der Waals surface area (Å²) in [7, 11) is 0. The van der Waals surface area contributed by atoms with E-state index in [1.807, 2.05) is 13.1 Å². The first-order valence-electron chi connectivity index (χ1n) is 5.45. The Labute approximate surface area is 97.9 Å². The average Bonchev–Trinajstić information content (AvgIpc) is 2.32. The fourth-order valence-corrected chi connectivity index (χ4v) is 0.760. The van der Waals surface area contributed by atoms with Crippen LogP contribution in [-0.2, 0) is 0 Å². The van der Waals surface area contributed by atoms with E-state index < -0.39 is 0 Å². The molecule has 0 rings (SSSR count). The summed E-state index contributed by atoms with van der Waals surface area (Å²) in [6.45, 7) is 5.50. The summed E-state index contributed by atoms with van der Waals surface area (Å²) in [5, 5.41) is 26.9. The molecule has 0 heterocycles. The third-order valence-electron chi connectivity index (χ3n) is 1.71. The summed E-state index contributed by atoms with van der Waals surface area (Å²) < 4.78 is 0. The number of nitrogens with one attached hydrogen (secondary N) is 1. The highest BCUT2D eigenvalue weighted by molar-refractivity contribution is 4.85. The van der Waals surface area contributed by atoms with Crippen LogP contribution in [0.3, 0.4) is 0 Å². The average molecular weight is 221 g/mol. The van der Waals surface area contributed by atoms with Gasteiger partial charge in [0, 0.05) is 13.1 Å². The number of unbranched alkanes of at least 4 members (excludes halogenated alkanes) is 2. The zero-order valence-electron chi connectivity index (χ0n) is 10.0. The van der Waals surface area contributed by atoms with Gasteiger partial charge in [0.2, 0.25) is 0 Å². The first-order chi connectivity index (χ1) is 7.76. The molecule has 0 saturated carbocycles. The van der Waals surface area contributed by atoms with Crippen molar-refractivity contribution >= 4 is 0 Å². The molecule has 0 aromatic carbocycles. The zero-order chi connectivity index (χ0) is 12.6. The normalized spacial score (nSPS) is 7.44. The first kappa shape index (κ1) is 16.5. The van der Waals surface area contributed by atoms with Gasteiger partial charge >= 0.3 is 0 Å². The third kappa shape index (κ3) is 14.6. The molecule has 0 aliphatic heterocycles. The lowest BCUT2D eigenvalue weighted by atomic mass is 10.3. The van der Waals surface area contributed by atoms with Crippen molar-refractivity contribution in [3.8, 4) is 18.6 Å². The van der Waals surface area contributed by atoms with Crippen LogP contribution in [-0.4, -0.2) is 18.0 Å². The minimum Gasteiger partial charge on any atom is -0.324 e. The van der Waals surface area contributed by atoms with E-state index in [4.69, 9.17) is 15.8 Å². The summed E-state index contributed by atoms with van der Waals surface area (Å²) >= 11 is 0. The largest absolute Gasteiger partial charge is 0.324 e. The van der Waals surface area contributed by atoms with Gasteiger partial charge in [-0.15, -0.1) is 0 Å². The molecule has 0 aliphatic carbocycles. The topological polar surface area (TPSA) is 86.6 Å². The molecule has 0 radical (unpaired) electrons. The van der Waals surface area contributed by atoms with E-state index in [0.717, 1.165) is 37.1 Å². The molecular formula is C11H19N5. The highest BCUT2D eigenvalue weighted by Crippen LogP contribution is 1.89. The van der Waals surface area contributed by atoms with Gasteiger partial charge in [-0.25, -0.2) is 4.90 Å². The second-order valence-electron chi connectivity index (χ2n) is 3.10. The summed E-state index contributed by atoms with van der Waals surface area (Å²) in [5.41, 5.74) is 0. The van der Waals surface area contributed by atoms with E-state index >= 15 is 0 Å². The molecule has 0 aliphatic rings. The number of nitriles is 3. The summed E-state index contributed by atoms with van der Waals surface area (Å²) in [6, 6.07) is 0. The Morgan fingerprint density at radius 1 is 1.00 bits per heavy atom. The lowest BCUT2D eigenvalue weighted by Crippen LogP contribution is -2.10. The summed E-state index contributed by atoms with van der Waals surface area (Å²) in [4.78, 5) is 1.07. The Hall–Kier alpha value is -1.93. The van der Waals surface area contributed by atoms with Crippen LogP contribution >= 0.6 is 0 Å². The Kier molecular flexibility index (Phi) is 16.0. The Balaban J connectivity index is 0. The molecule has 0 saturated heterocycles. The highest BCUT2D eigenvalue weighted by atomic mass is 15.1. The fourth-order valence-electron chi connectivity index (χ4n) is 0.760. The molecular weight excluding hydrogens is 202 g/mol. The van der Waals surface area contributed by atoms with Gasteiger partial charge in [0.1, 0.15) is 0 Å². The van der Waals surface area contributed by atoms with Gasteiger partial charge in [-0.05, 0) is 12.8 Å². The van der Waals surface area contributed by atoms with Gasteiger partial charge in [-0.1, -0.05) is 26.7 Å². The second kappa shape index (κ2) is 15.5. The van der Waals surface area contributed by atoms with Crippen LogP contribution in [0, 0.1) is 34.4 Å². The summed E-state index contributed by atoms with van der Waals surface area (Å²) in [5.74, 6) is 0. The molecule has 0 amide bonds. The van der Waals surface area contributed by atoms with Crippen molar-refractivity contribution in [1.82, 2.24) is 10.2 Å². The molecule has 1 N–H and O–H groups in total. The maximum atomic E-state index is 8.21. The Morgan fingerprint density at radius 2 is 1.56 bits per heavy atom. The SMILES string of the molecule is CCCCN(C#N)C#N.CCCCNC#N. The monoisotopic (exact) mass is 221 g/mol. The van der Waals surface area contributed by atoms with Gasteiger partial charge in [0.05, 0.1) is 0 Å². The van der Waals surface area contributed by atoms with Crippen LogP contribution in [0.5, 0.6) is 0 Å². The third-order valence-corrected chi connectivity index (χ3v) is 1.71. The van der Waals surface area contributed by atoms with Crippen LogP contribution < -0.4 is 5.32 Å². The molecule has 0 fully saturated rings. The smallest absolute Gasteiger partial charge is 0.193 e. The van der Waals surface area contributed by atoms with Crippen molar-refractivity contribution < 1.29 is 0 Å². The van der Waals surface area contributed by atoms with Gasteiger partial charge in [0.25, 0.3) is 0 Å². The van der Waals surface area contributed by atoms with Crippen LogP contribution in [0.4, 0.5) is 0 Å². The lowest BCUT2D eigenvalue weighted by molar-refractivity contribution is 0.517. The molecule has 5 nitrogen and oxygen atoms in total. The van der Waals surface area contributed by atoms with Crippen molar-refractivity contribution in [2.75, 3.05) is 13.1 Å². The van der Waals surface area contributed by atoms with Gasteiger partial charge < -0.3 is 5.32 Å². The maximum Gasteiger partial charge on any atom is 0.193 e. The van der Waals surface area contributed by atoms with Crippen molar-refractivity contribution in [1.29, 1.82) is 15.8 Å². The maximum absolute atomic E-state index is 8.21. The second-order valence-corrected chi connectivity index (χ2v) is 3.10. The molecule has 0 spiro atoms. The van der Waals surface area contributed by atoms with E-state index in [-0.39, 0.29) is 0 Å². The molecule has 88 valence electrons. The molecule has 5 heteroatoms. The van der Waals surface area contributed by atoms with Crippen LogP contribution in [0.1, 0.15) is 39.5 Å². The number of nitrogens with zero attached hydrogens (tertiary/aromatic N) is 4. The van der Waals surface area contributed by atoms with E-state index in [9.17, 15) is 0 Å². The first-order valence-corrected chi connectivity index (χ1v) is 5.45. The van der Waals surface area contributed by atoms with E-state index in [2.05, 4.69) is 12.2 Å². The van der Waals surface area contributed by atoms with E-state index in [0.29, 0.717) is 6.54 Å². The molecule has 0 aromatic rings. The van der Waals surface area contributed by atoms with Crippen LogP contribution in [0.15, 0.2) is 0 Å². The highest BCUT2D eigenvalue weighted by Gasteiger charge is 1.94. The molecule has 0 unspecified atom stereocenters. The van der Waals surface area contributed by atoms with Crippen molar-refractivity contribution in [2.24, 2.45) is 0 Å². The van der Waals surface area contributed by atoms with Crippen LogP contribution in [0.25, 0.3) is 0 Å². The van der Waals surface area contributed by atoms with Crippen molar-refractivity contribution in [3.63, 3.8) is 0 Å². The molecule has 16 heavy (non-hydrogen) atoms. The van der Waals surface area contributed by atoms with Gasteiger partial charge in [-0.2, -0.15) is 15.8 Å². The fraction of sp³-hybridized carbons (Fsp3) is 0.727. The van der Waals surface area contributed by atoms with Gasteiger partial charge in [-0.3, -0.25) is 0 Å². The van der Waals surface area contributed by atoms with Gasteiger partial charge in [0.15, 0.2) is 18.6 Å². The number of hydrogen-bond acceptors (Lipinski definition) is 5. The predicted molar refractivity (Wildman–Crippen MR) is 61.4 cm³/mol. The molecule has 0 aromatic heterocycles. The van der Waals surface area contributed by atoms with Crippen molar-refractivity contribution in [3.05, 3.63) is 0 Å². The van der Waals surface area contributed by atoms with E-state index in [1.165, 1.54) is 0 Å². The molecule has 0 atom stereocenters. The lowest BCUT2D eigenvalue weighted by Gasteiger charge is -2.00. The Bertz CT molecular complexity index is 241. The van der Waals surface area contributed by atoms with Crippen LogP contribution in [0.2, 0.25) is 0 Å². The zero-order valence-corrected chi connectivity index (χ0v) is 10.0. The summed E-state index contributed by atoms with van der Waals surface area (Å²) in [6.07, 6.45) is 9.53. The predicted octanol–water partition coefficient (Wildman–Crippen LogP) is 1.91. The number of rotatable bonds is 6. The Morgan fingerprint density at radius 3 is 1.94 bits per heavy atom. The number of hydrogen-bond donors (Lipinski definition) is 1. The quantitative estimate of drug-likeness (QED) is 0.420. The standard InChI is InChI=1S/C6H9N3.C5H10N2/c1-2-3-4-9(5-7)6-8;1-2-3-4-7-5-6/h2-4H2,1H3;7H,2-4H2,1H3. The molecule has 0 bridgehead atoms. The van der Waals surface area contributed by atoms with Crippen molar-refractivity contribution in [2.45, 2.75) is 39.5 Å². The minimum atomic E-state index is 0.559.